The van der Waals surface area contributed by atoms with E-state index < -0.39 is 56.1 Å². The summed E-state index contributed by atoms with van der Waals surface area (Å²) in [5, 5.41) is 10.0. The van der Waals surface area contributed by atoms with Gasteiger partial charge in [0.2, 0.25) is 0 Å². The summed E-state index contributed by atoms with van der Waals surface area (Å²) in [6.07, 6.45) is 17.4. The molecule has 268 valence electrons. The lowest BCUT2D eigenvalue weighted by atomic mass is 9.83. The smallest absolute Gasteiger partial charge is 0.339 e. The molecule has 46 heavy (non-hydrogen) atoms. The Bertz CT molecular complexity index is 934. The molecule has 1 aliphatic heterocycles. The van der Waals surface area contributed by atoms with Gasteiger partial charge in [0.25, 0.3) is 0 Å². The number of hydrogen-bond donors (Lipinski definition) is 1. The van der Waals surface area contributed by atoms with E-state index in [9.17, 15) is 19.5 Å². The van der Waals surface area contributed by atoms with Gasteiger partial charge in [-0.2, -0.15) is 0 Å². The zero-order valence-electron chi connectivity index (χ0n) is 30.5. The molecule has 0 saturated carbocycles. The van der Waals surface area contributed by atoms with E-state index in [0.29, 0.717) is 19.6 Å². The van der Waals surface area contributed by atoms with Crippen molar-refractivity contribution in [3.63, 3.8) is 0 Å². The fraction of sp³-hybridized carbons (Fsp3) is 0.861. The molecular weight excluding hydrogens is 604 g/mol. The topological polar surface area (TPSA) is 118 Å². The van der Waals surface area contributed by atoms with Crippen LogP contribution in [0, 0.1) is 5.92 Å². The minimum Gasteiger partial charge on any atom is -0.481 e. The molecule has 0 aliphatic carbocycles. The Labute approximate surface area is 280 Å². The molecule has 1 saturated heterocycles. The van der Waals surface area contributed by atoms with Crippen LogP contribution in [-0.2, 0) is 37.8 Å². The third kappa shape index (κ3) is 14.2. The van der Waals surface area contributed by atoms with Crippen LogP contribution in [0.3, 0.4) is 0 Å². The average Bonchev–Trinajstić information content (AvgIpc) is 3.42. The van der Waals surface area contributed by atoms with Gasteiger partial charge in [0, 0.05) is 12.8 Å². The highest BCUT2D eigenvalue weighted by atomic mass is 28.4. The van der Waals surface area contributed by atoms with Crippen molar-refractivity contribution in [1.29, 1.82) is 0 Å². The summed E-state index contributed by atoms with van der Waals surface area (Å²) in [5.41, 5.74) is -2.06. The minimum atomic E-state index is -2.77. The summed E-state index contributed by atoms with van der Waals surface area (Å²) >= 11 is 0. The first-order valence-corrected chi connectivity index (χ1v) is 20.6. The van der Waals surface area contributed by atoms with Gasteiger partial charge in [-0.25, -0.2) is 4.79 Å². The number of carbonyl (C=O) groups excluding carboxylic acids is 2. The van der Waals surface area contributed by atoms with E-state index in [1.807, 2.05) is 33.9 Å². The Hall–Kier alpha value is -1.75. The molecule has 1 aliphatic rings. The van der Waals surface area contributed by atoms with E-state index in [0.717, 1.165) is 44.9 Å². The van der Waals surface area contributed by atoms with E-state index in [4.69, 9.17) is 23.4 Å². The lowest BCUT2D eigenvalue weighted by Crippen LogP contribution is -2.60. The molecule has 1 N–H and O–H groups in total. The van der Waals surface area contributed by atoms with Crippen molar-refractivity contribution in [1.82, 2.24) is 0 Å². The highest BCUT2D eigenvalue weighted by Gasteiger charge is 2.57. The van der Waals surface area contributed by atoms with Crippen LogP contribution in [0.2, 0.25) is 18.1 Å². The van der Waals surface area contributed by atoms with E-state index in [1.165, 1.54) is 51.7 Å². The number of carboxylic acid groups (broad SMARTS) is 1. The van der Waals surface area contributed by atoms with Gasteiger partial charge in [0.1, 0.15) is 5.92 Å². The fourth-order valence-electron chi connectivity index (χ4n) is 5.60. The molecule has 0 amide bonds. The molecule has 1 heterocycles. The van der Waals surface area contributed by atoms with Gasteiger partial charge in [0.05, 0.1) is 32.8 Å². The molecule has 1 fully saturated rings. The second-order valence-electron chi connectivity index (χ2n) is 14.6. The van der Waals surface area contributed by atoms with Crippen molar-refractivity contribution in [3.8, 4) is 0 Å². The molecule has 9 nitrogen and oxygen atoms in total. The van der Waals surface area contributed by atoms with Crippen molar-refractivity contribution >= 4 is 26.2 Å². The number of carboxylic acids is 1. The second kappa shape index (κ2) is 20.6. The predicted molar refractivity (Wildman–Crippen MR) is 184 cm³/mol. The van der Waals surface area contributed by atoms with E-state index in [1.54, 1.807) is 19.9 Å². The Morgan fingerprint density at radius 2 is 1.41 bits per heavy atom. The van der Waals surface area contributed by atoms with Gasteiger partial charge < -0.3 is 28.5 Å². The van der Waals surface area contributed by atoms with Gasteiger partial charge in [-0.3, -0.25) is 9.59 Å². The van der Waals surface area contributed by atoms with Crippen LogP contribution in [0.1, 0.15) is 138 Å². The summed E-state index contributed by atoms with van der Waals surface area (Å²) in [5.74, 6) is -4.73. The van der Waals surface area contributed by atoms with Crippen molar-refractivity contribution in [3.05, 3.63) is 12.2 Å². The van der Waals surface area contributed by atoms with Crippen molar-refractivity contribution in [2.24, 2.45) is 5.92 Å². The van der Waals surface area contributed by atoms with Crippen molar-refractivity contribution < 1.29 is 42.9 Å². The third-order valence-electron chi connectivity index (χ3n) is 9.32. The maximum Gasteiger partial charge on any atom is 0.339 e. The highest BCUT2D eigenvalue weighted by Crippen LogP contribution is 2.43. The molecule has 10 heteroatoms. The van der Waals surface area contributed by atoms with Crippen LogP contribution in [-0.4, -0.2) is 69.1 Å². The van der Waals surface area contributed by atoms with E-state index >= 15 is 0 Å². The maximum absolute atomic E-state index is 13.7. The zero-order valence-corrected chi connectivity index (χ0v) is 31.5. The number of unbranched alkanes of at least 4 members (excludes halogenated alkanes) is 10. The van der Waals surface area contributed by atoms with Gasteiger partial charge in [-0.1, -0.05) is 91.2 Å². The van der Waals surface area contributed by atoms with Gasteiger partial charge in [0.15, 0.2) is 19.7 Å². The molecule has 0 bridgehead atoms. The number of aliphatic carboxylic acids is 1. The average molecular weight is 671 g/mol. The number of hydrogen-bond acceptors (Lipinski definition) is 8. The van der Waals surface area contributed by atoms with Gasteiger partial charge >= 0.3 is 17.9 Å². The van der Waals surface area contributed by atoms with Crippen LogP contribution in [0.5, 0.6) is 0 Å². The van der Waals surface area contributed by atoms with Crippen LogP contribution in [0.4, 0.5) is 0 Å². The molecule has 0 unspecified atom stereocenters. The Morgan fingerprint density at radius 3 is 1.89 bits per heavy atom. The molecular formula is C36H66O9Si. The molecule has 0 aromatic carbocycles. The fourth-order valence-corrected chi connectivity index (χ4v) is 7.10. The summed E-state index contributed by atoms with van der Waals surface area (Å²) in [6.45, 7) is 16.7. The second-order valence-corrected chi connectivity index (χ2v) is 19.4. The molecule has 0 spiro atoms. The number of methoxy groups -OCH3 is 1. The number of ether oxygens (including phenoxy) is 4. The maximum atomic E-state index is 13.7. The number of esters is 2. The summed E-state index contributed by atoms with van der Waals surface area (Å²) in [4.78, 5) is 39.1. The van der Waals surface area contributed by atoms with Crippen molar-refractivity contribution in [2.75, 3.05) is 20.3 Å². The van der Waals surface area contributed by atoms with Crippen LogP contribution in [0.15, 0.2) is 12.2 Å². The SMILES string of the molecule is CCCCCCCCCC1(CCCCCC/C=C/[C@H](C(=O)O)[C@](CC(=O)OC)(O[Si](C)(C)C(C)(C)C)C(=O)OC(C)C)OCCO1. The molecule has 2 atom stereocenters. The lowest BCUT2D eigenvalue weighted by Gasteiger charge is -2.45. The first-order valence-electron chi connectivity index (χ1n) is 17.7. The predicted octanol–water partition coefficient (Wildman–Crippen LogP) is 8.74. The normalized spacial score (nSPS) is 17.3. The lowest BCUT2D eigenvalue weighted by molar-refractivity contribution is -0.182. The van der Waals surface area contributed by atoms with Crippen LogP contribution < -0.4 is 0 Å². The largest absolute Gasteiger partial charge is 0.481 e. The van der Waals surface area contributed by atoms with Crippen LogP contribution >= 0.6 is 0 Å². The Kier molecular flexibility index (Phi) is 18.9. The summed E-state index contributed by atoms with van der Waals surface area (Å²) in [7, 11) is -1.56. The van der Waals surface area contributed by atoms with Gasteiger partial charge in [-0.15, -0.1) is 0 Å². The van der Waals surface area contributed by atoms with Crippen molar-refractivity contribution in [2.45, 2.75) is 173 Å². The first-order chi connectivity index (χ1) is 21.6. The zero-order chi connectivity index (χ0) is 34.9. The molecule has 1 rings (SSSR count). The highest BCUT2D eigenvalue weighted by molar-refractivity contribution is 6.74. The number of rotatable bonds is 24. The monoisotopic (exact) mass is 670 g/mol. The summed E-state index contributed by atoms with van der Waals surface area (Å²) < 4.78 is 29.2. The van der Waals surface area contributed by atoms with Gasteiger partial charge in [-0.05, 0) is 57.7 Å². The van der Waals surface area contributed by atoms with E-state index in [-0.39, 0.29) is 5.04 Å². The Morgan fingerprint density at radius 1 is 0.891 bits per heavy atom. The third-order valence-corrected chi connectivity index (χ3v) is 13.8. The standard InChI is InChI=1S/C36H66O9Si/c1-10-11-12-13-15-18-21-24-35(42-26-27-43-35)25-22-19-16-14-17-20-23-30(32(38)39)36(28-31(37)41-7,33(40)44-29(2)3)45-46(8,9)34(4,5)6/h20,23,29-30H,10-19,21-22,24-28H2,1-9H3,(H,38,39)/b23-20+/t30-,36+/m1/s1. The van der Waals surface area contributed by atoms with Crippen LogP contribution in [0.25, 0.3) is 0 Å². The number of carbonyl (C=O) groups is 3. The molecule has 0 radical (unpaired) electrons. The number of allylic oxidation sites excluding steroid dienone is 1. The minimum absolute atomic E-state index is 0.360. The Balaban J connectivity index is 2.87. The molecule has 0 aromatic heterocycles. The summed E-state index contributed by atoms with van der Waals surface area (Å²) in [6, 6.07) is 0. The molecule has 0 aromatic rings. The first kappa shape index (κ1) is 42.3. The quantitative estimate of drug-likeness (QED) is 0.0465. The van der Waals surface area contributed by atoms with E-state index in [2.05, 4.69) is 6.92 Å².